The number of ketones is 1. The first kappa shape index (κ1) is 19.9. The van der Waals surface area contributed by atoms with Gasteiger partial charge in [0, 0.05) is 28.0 Å². The van der Waals surface area contributed by atoms with Crippen molar-refractivity contribution in [1.82, 2.24) is 9.97 Å². The quantitative estimate of drug-likeness (QED) is 0.429. The van der Waals surface area contributed by atoms with Crippen LogP contribution in [-0.2, 0) is 4.79 Å². The van der Waals surface area contributed by atoms with E-state index in [2.05, 4.69) is 29.1 Å². The van der Waals surface area contributed by atoms with E-state index >= 15 is 0 Å². The minimum Gasteiger partial charge on any atom is -0.325 e. The van der Waals surface area contributed by atoms with E-state index in [1.54, 1.807) is 36.0 Å². The molecular formula is C20H23N3O2S2. The molecule has 0 saturated heterocycles. The summed E-state index contributed by atoms with van der Waals surface area (Å²) in [5.41, 5.74) is 2.41. The summed E-state index contributed by atoms with van der Waals surface area (Å²) in [6, 6.07) is 6.99. The highest BCUT2D eigenvalue weighted by atomic mass is 32.2. The van der Waals surface area contributed by atoms with Crippen molar-refractivity contribution in [1.29, 1.82) is 0 Å². The number of carbonyl (C=O) groups is 2. The molecule has 0 bridgehead atoms. The molecule has 0 spiro atoms. The van der Waals surface area contributed by atoms with Gasteiger partial charge in [-0.2, -0.15) is 0 Å². The monoisotopic (exact) mass is 401 g/mol. The lowest BCUT2D eigenvalue weighted by Gasteiger charge is -2.15. The van der Waals surface area contributed by atoms with Crippen molar-refractivity contribution in [3.05, 3.63) is 41.2 Å². The summed E-state index contributed by atoms with van der Waals surface area (Å²) in [4.78, 5) is 33.1. The first-order valence-corrected chi connectivity index (χ1v) is 10.8. The lowest BCUT2D eigenvalue weighted by atomic mass is 9.96. The lowest BCUT2D eigenvalue weighted by molar-refractivity contribution is -0.113. The average Bonchev–Trinajstić information content (AvgIpc) is 2.94. The van der Waals surface area contributed by atoms with E-state index in [9.17, 15) is 9.59 Å². The number of amides is 1. The maximum atomic E-state index is 12.4. The van der Waals surface area contributed by atoms with Crippen LogP contribution in [0, 0.1) is 6.92 Å². The van der Waals surface area contributed by atoms with Gasteiger partial charge in [0.15, 0.2) is 5.78 Å². The molecular weight excluding hydrogens is 378 g/mol. The van der Waals surface area contributed by atoms with Crippen LogP contribution in [0.15, 0.2) is 34.3 Å². The topological polar surface area (TPSA) is 72.0 Å². The molecule has 0 saturated carbocycles. The second kappa shape index (κ2) is 8.44. The smallest absolute Gasteiger partial charge is 0.234 e. The SMILES string of the molecule is CC[C@H]1c2c(SCC(=O)Nc3cccc(C(C)=O)c3)nc(C)nc2S[C@@H]1C. The third kappa shape index (κ3) is 4.52. The fourth-order valence-corrected chi connectivity index (χ4v) is 5.63. The van der Waals surface area contributed by atoms with Crippen LogP contribution < -0.4 is 5.32 Å². The molecule has 0 fully saturated rings. The molecule has 1 aromatic heterocycles. The molecule has 27 heavy (non-hydrogen) atoms. The van der Waals surface area contributed by atoms with Crippen LogP contribution in [0.3, 0.4) is 0 Å². The number of thioether (sulfide) groups is 2. The second-order valence-electron chi connectivity index (χ2n) is 6.61. The van der Waals surface area contributed by atoms with Gasteiger partial charge >= 0.3 is 0 Å². The molecule has 1 aromatic carbocycles. The Balaban J connectivity index is 1.71. The van der Waals surface area contributed by atoms with Crippen LogP contribution in [0.25, 0.3) is 0 Å². The van der Waals surface area contributed by atoms with Gasteiger partial charge in [-0.25, -0.2) is 9.97 Å². The number of anilines is 1. The fraction of sp³-hybridized carbons (Fsp3) is 0.400. The largest absolute Gasteiger partial charge is 0.325 e. The van der Waals surface area contributed by atoms with E-state index in [1.807, 2.05) is 6.92 Å². The Labute approximate surface area is 168 Å². The van der Waals surface area contributed by atoms with Gasteiger partial charge in [0.25, 0.3) is 0 Å². The Kier molecular flexibility index (Phi) is 6.22. The number of nitrogens with zero attached hydrogens (tertiary/aromatic N) is 2. The van der Waals surface area contributed by atoms with E-state index in [1.165, 1.54) is 24.2 Å². The number of benzene rings is 1. The molecule has 7 heteroatoms. The zero-order valence-corrected chi connectivity index (χ0v) is 17.5. The highest BCUT2D eigenvalue weighted by molar-refractivity contribution is 8.01. The highest BCUT2D eigenvalue weighted by Crippen LogP contribution is 2.48. The van der Waals surface area contributed by atoms with Crippen molar-refractivity contribution in [2.75, 3.05) is 11.1 Å². The van der Waals surface area contributed by atoms with E-state index in [0.29, 0.717) is 22.4 Å². The standard InChI is InChI=1S/C20H23N3O2S2/c1-5-16-12(3)27-20-18(16)19(21-13(4)22-20)26-10-17(25)23-15-8-6-7-14(9-15)11(2)24/h6-9,12,16H,5,10H2,1-4H3,(H,23,25)/t12-,16-/m1/s1. The molecule has 2 heterocycles. The van der Waals surface area contributed by atoms with Crippen molar-refractivity contribution in [2.45, 2.75) is 55.3 Å². The van der Waals surface area contributed by atoms with Crippen molar-refractivity contribution in [3.8, 4) is 0 Å². The summed E-state index contributed by atoms with van der Waals surface area (Å²) in [5, 5.41) is 5.30. The maximum absolute atomic E-state index is 12.4. The van der Waals surface area contributed by atoms with Crippen molar-refractivity contribution in [3.63, 3.8) is 0 Å². The van der Waals surface area contributed by atoms with Crippen LogP contribution in [0.5, 0.6) is 0 Å². The number of aromatic nitrogens is 2. The number of Topliss-reactive ketones (excluding diaryl/α,β-unsaturated/α-hetero) is 1. The van der Waals surface area contributed by atoms with Gasteiger partial charge in [0.1, 0.15) is 15.9 Å². The number of rotatable bonds is 6. The summed E-state index contributed by atoms with van der Waals surface area (Å²) in [5.74, 6) is 1.29. The predicted octanol–water partition coefficient (Wildman–Crippen LogP) is 4.71. The van der Waals surface area contributed by atoms with Gasteiger partial charge in [-0.15, -0.1) is 11.8 Å². The molecule has 142 valence electrons. The normalized spacial score (nSPS) is 18.2. The molecule has 1 amide bonds. The first-order valence-electron chi connectivity index (χ1n) is 8.97. The fourth-order valence-electron chi connectivity index (χ4n) is 3.22. The third-order valence-corrected chi connectivity index (χ3v) is 6.78. The Morgan fingerprint density at radius 3 is 2.78 bits per heavy atom. The van der Waals surface area contributed by atoms with E-state index in [0.717, 1.165) is 22.3 Å². The molecule has 0 radical (unpaired) electrons. The van der Waals surface area contributed by atoms with Gasteiger partial charge in [-0.05, 0) is 32.4 Å². The summed E-state index contributed by atoms with van der Waals surface area (Å²) in [7, 11) is 0. The molecule has 5 nitrogen and oxygen atoms in total. The molecule has 3 rings (SSSR count). The lowest BCUT2D eigenvalue weighted by Crippen LogP contribution is -2.15. The van der Waals surface area contributed by atoms with Crippen molar-refractivity contribution in [2.24, 2.45) is 0 Å². The second-order valence-corrected chi connectivity index (χ2v) is 8.94. The Hall–Kier alpha value is -1.86. The van der Waals surface area contributed by atoms with Crippen LogP contribution >= 0.6 is 23.5 Å². The number of hydrogen-bond acceptors (Lipinski definition) is 6. The number of carbonyl (C=O) groups excluding carboxylic acids is 2. The minimum absolute atomic E-state index is 0.0234. The van der Waals surface area contributed by atoms with Crippen LogP contribution in [0.2, 0.25) is 0 Å². The maximum Gasteiger partial charge on any atom is 0.234 e. The molecule has 1 aliphatic heterocycles. The van der Waals surface area contributed by atoms with Crippen LogP contribution in [-0.4, -0.2) is 32.7 Å². The number of hydrogen-bond donors (Lipinski definition) is 1. The third-order valence-electron chi connectivity index (χ3n) is 4.56. The van der Waals surface area contributed by atoms with Crippen molar-refractivity contribution >= 4 is 40.9 Å². The van der Waals surface area contributed by atoms with Crippen molar-refractivity contribution < 1.29 is 9.59 Å². The van der Waals surface area contributed by atoms with Gasteiger partial charge in [0.05, 0.1) is 5.75 Å². The predicted molar refractivity (Wildman–Crippen MR) is 111 cm³/mol. The van der Waals surface area contributed by atoms with E-state index < -0.39 is 0 Å². The van der Waals surface area contributed by atoms with Gasteiger partial charge in [-0.1, -0.05) is 37.7 Å². The van der Waals surface area contributed by atoms with Gasteiger partial charge < -0.3 is 5.32 Å². The zero-order valence-electron chi connectivity index (χ0n) is 15.9. The van der Waals surface area contributed by atoms with Crippen LogP contribution in [0.1, 0.15) is 54.9 Å². The molecule has 1 aliphatic rings. The summed E-state index contributed by atoms with van der Waals surface area (Å²) >= 11 is 3.25. The zero-order chi connectivity index (χ0) is 19.6. The number of fused-ring (bicyclic) bond motifs is 1. The van der Waals surface area contributed by atoms with Gasteiger partial charge in [-0.3, -0.25) is 9.59 Å². The van der Waals surface area contributed by atoms with Gasteiger partial charge in [0.2, 0.25) is 5.91 Å². The Morgan fingerprint density at radius 2 is 2.07 bits per heavy atom. The molecule has 2 atom stereocenters. The highest BCUT2D eigenvalue weighted by Gasteiger charge is 2.33. The molecule has 1 N–H and O–H groups in total. The molecule has 2 aromatic rings. The van der Waals surface area contributed by atoms with E-state index in [4.69, 9.17) is 0 Å². The van der Waals surface area contributed by atoms with E-state index in [-0.39, 0.29) is 17.4 Å². The summed E-state index contributed by atoms with van der Waals surface area (Å²) in [6.45, 7) is 7.80. The Morgan fingerprint density at radius 1 is 1.30 bits per heavy atom. The van der Waals surface area contributed by atoms with Crippen LogP contribution in [0.4, 0.5) is 5.69 Å². The number of aryl methyl sites for hydroxylation is 1. The molecule has 0 unspecified atom stereocenters. The summed E-state index contributed by atoms with van der Waals surface area (Å²) in [6.07, 6.45) is 1.03. The summed E-state index contributed by atoms with van der Waals surface area (Å²) < 4.78 is 0. The number of nitrogens with one attached hydrogen (secondary N) is 1. The average molecular weight is 402 g/mol. The Bertz CT molecular complexity index is 886. The molecule has 0 aliphatic carbocycles. The minimum atomic E-state index is -0.113. The first-order chi connectivity index (χ1) is 12.9.